The molecule has 0 atom stereocenters. The topological polar surface area (TPSA) is 25.8 Å². The molecule has 0 aliphatic rings. The summed E-state index contributed by atoms with van der Waals surface area (Å²) in [5.74, 6) is 0. The Morgan fingerprint density at radius 1 is 0.667 bits per heavy atom. The lowest BCUT2D eigenvalue weighted by Crippen LogP contribution is -2.24. The van der Waals surface area contributed by atoms with E-state index in [1.807, 2.05) is 12.4 Å². The van der Waals surface area contributed by atoms with Gasteiger partial charge in [0, 0.05) is 12.4 Å². The van der Waals surface area contributed by atoms with Crippen LogP contribution in [0.25, 0.3) is 11.4 Å². The maximum absolute atomic E-state index is 4.75. The minimum Gasteiger partial charge on any atom is -0.255 e. The summed E-state index contributed by atoms with van der Waals surface area (Å²) < 4.78 is 0. The molecule has 0 aliphatic carbocycles. The van der Waals surface area contributed by atoms with E-state index in [9.17, 15) is 0 Å². The second-order valence-corrected chi connectivity index (χ2v) is 9.76. The van der Waals surface area contributed by atoms with Crippen LogP contribution < -0.4 is 0 Å². The van der Waals surface area contributed by atoms with Gasteiger partial charge in [-0.1, -0.05) is 62.3 Å². The first kappa shape index (κ1) is 18.6. The zero-order valence-electron chi connectivity index (χ0n) is 16.8. The van der Waals surface area contributed by atoms with Crippen molar-refractivity contribution in [2.75, 3.05) is 0 Å². The summed E-state index contributed by atoms with van der Waals surface area (Å²) in [5, 5.41) is 0. The zero-order chi connectivity index (χ0) is 18.3. The summed E-state index contributed by atoms with van der Waals surface area (Å²) in [7, 11) is 0. The van der Waals surface area contributed by atoms with E-state index in [1.165, 1.54) is 16.7 Å². The van der Waals surface area contributed by atoms with Crippen molar-refractivity contribution in [2.24, 2.45) is 0 Å². The lowest BCUT2D eigenvalue weighted by molar-refractivity contribution is 0.529. The average molecular weight is 325 g/mol. The molecule has 0 saturated heterocycles. The van der Waals surface area contributed by atoms with Gasteiger partial charge in [-0.3, -0.25) is 9.97 Å². The van der Waals surface area contributed by atoms with Crippen LogP contribution in [0.5, 0.6) is 0 Å². The van der Waals surface area contributed by atoms with Gasteiger partial charge in [-0.2, -0.15) is 0 Å². The first-order valence-corrected chi connectivity index (χ1v) is 8.78. The van der Waals surface area contributed by atoms with E-state index in [0.717, 1.165) is 11.4 Å². The molecule has 0 saturated carbocycles. The Morgan fingerprint density at radius 2 is 1.25 bits per heavy atom. The number of aromatic nitrogens is 2. The van der Waals surface area contributed by atoms with Gasteiger partial charge < -0.3 is 0 Å². The van der Waals surface area contributed by atoms with E-state index in [1.54, 1.807) is 0 Å². The van der Waals surface area contributed by atoms with E-state index in [-0.39, 0.29) is 16.2 Å². The van der Waals surface area contributed by atoms with E-state index in [4.69, 9.17) is 4.98 Å². The molecule has 0 unspecified atom stereocenters. The molecular weight excluding hydrogens is 292 g/mol. The molecule has 2 nitrogen and oxygen atoms in total. The van der Waals surface area contributed by atoms with E-state index < -0.39 is 0 Å². The number of hydrogen-bond acceptors (Lipinski definition) is 2. The highest BCUT2D eigenvalue weighted by Crippen LogP contribution is 2.39. The fraction of sp³-hybridized carbons (Fsp3) is 0.545. The fourth-order valence-electron chi connectivity index (χ4n) is 3.07. The number of hydrogen-bond donors (Lipinski definition) is 0. The van der Waals surface area contributed by atoms with Crippen LogP contribution in [0.1, 0.15) is 79.0 Å². The van der Waals surface area contributed by atoms with Crippen LogP contribution in [0.15, 0.2) is 30.6 Å². The Bertz CT molecular complexity index is 723. The Balaban J connectivity index is 2.77. The first-order valence-electron chi connectivity index (χ1n) is 8.78. The SMILES string of the molecule is CC(C)(C)c1ccnc(-c2nccc(C(C)(C)C)c2C(C)(C)C)c1. The Kier molecular flexibility index (Phi) is 4.65. The van der Waals surface area contributed by atoms with E-state index in [2.05, 4.69) is 85.5 Å². The molecule has 24 heavy (non-hydrogen) atoms. The highest BCUT2D eigenvalue weighted by Gasteiger charge is 2.29. The molecule has 0 aromatic carbocycles. The zero-order valence-corrected chi connectivity index (χ0v) is 16.8. The molecule has 130 valence electrons. The molecule has 2 rings (SSSR count). The van der Waals surface area contributed by atoms with Crippen molar-refractivity contribution < 1.29 is 0 Å². The van der Waals surface area contributed by atoms with E-state index >= 15 is 0 Å². The van der Waals surface area contributed by atoms with Crippen LogP contribution in [0.3, 0.4) is 0 Å². The van der Waals surface area contributed by atoms with Crippen LogP contribution in [-0.4, -0.2) is 9.97 Å². The van der Waals surface area contributed by atoms with Gasteiger partial charge in [0.2, 0.25) is 0 Å². The number of pyridine rings is 2. The van der Waals surface area contributed by atoms with Gasteiger partial charge in [0.15, 0.2) is 0 Å². The summed E-state index contributed by atoms with van der Waals surface area (Å²) in [6.45, 7) is 20.3. The third kappa shape index (κ3) is 3.85. The standard InChI is InChI=1S/C22H32N2/c1-20(2,3)15-10-12-23-17(14-15)19-18(22(7,8)9)16(11-13-24-19)21(4,5)6/h10-14H,1-9H3. The van der Waals surface area contributed by atoms with Crippen LogP contribution in [0.4, 0.5) is 0 Å². The quantitative estimate of drug-likeness (QED) is 0.639. The Labute approximate surface area is 147 Å². The summed E-state index contributed by atoms with van der Waals surface area (Å²) in [6, 6.07) is 6.47. The molecule has 0 aliphatic heterocycles. The minimum absolute atomic E-state index is 0.00558. The summed E-state index contributed by atoms with van der Waals surface area (Å²) in [5.41, 5.74) is 6.10. The predicted octanol–water partition coefficient (Wildman–Crippen LogP) is 6.04. The molecular formula is C22H32N2. The lowest BCUT2D eigenvalue weighted by atomic mass is 9.74. The molecule has 0 spiro atoms. The fourth-order valence-corrected chi connectivity index (χ4v) is 3.07. The molecule has 2 aromatic rings. The van der Waals surface area contributed by atoms with Gasteiger partial charge in [0.25, 0.3) is 0 Å². The summed E-state index contributed by atoms with van der Waals surface area (Å²) >= 11 is 0. The monoisotopic (exact) mass is 324 g/mol. The van der Waals surface area contributed by atoms with Gasteiger partial charge in [-0.15, -0.1) is 0 Å². The molecule has 2 heterocycles. The molecule has 0 fully saturated rings. The molecule has 0 bridgehead atoms. The van der Waals surface area contributed by atoms with Gasteiger partial charge in [0.05, 0.1) is 11.4 Å². The molecule has 2 aromatic heterocycles. The van der Waals surface area contributed by atoms with E-state index in [0.29, 0.717) is 0 Å². The summed E-state index contributed by atoms with van der Waals surface area (Å²) in [6.07, 6.45) is 3.84. The third-order valence-electron chi connectivity index (χ3n) is 4.38. The number of rotatable bonds is 1. The van der Waals surface area contributed by atoms with Gasteiger partial charge in [0.1, 0.15) is 0 Å². The van der Waals surface area contributed by atoms with Crippen LogP contribution in [0.2, 0.25) is 0 Å². The van der Waals surface area contributed by atoms with Crippen LogP contribution in [-0.2, 0) is 16.2 Å². The van der Waals surface area contributed by atoms with Crippen LogP contribution in [0, 0.1) is 0 Å². The minimum atomic E-state index is 0.00558. The second-order valence-electron chi connectivity index (χ2n) is 9.76. The van der Waals surface area contributed by atoms with Crippen molar-refractivity contribution in [3.8, 4) is 11.4 Å². The highest BCUT2D eigenvalue weighted by molar-refractivity contribution is 5.64. The van der Waals surface area contributed by atoms with Crippen molar-refractivity contribution in [1.82, 2.24) is 9.97 Å². The van der Waals surface area contributed by atoms with Crippen molar-refractivity contribution in [3.63, 3.8) is 0 Å². The van der Waals surface area contributed by atoms with Crippen LogP contribution >= 0.6 is 0 Å². The molecule has 0 radical (unpaired) electrons. The summed E-state index contributed by atoms with van der Waals surface area (Å²) in [4.78, 5) is 9.41. The van der Waals surface area contributed by atoms with Gasteiger partial charge >= 0.3 is 0 Å². The Hall–Kier alpha value is -1.70. The number of nitrogens with zero attached hydrogens (tertiary/aromatic N) is 2. The lowest BCUT2D eigenvalue weighted by Gasteiger charge is -2.31. The van der Waals surface area contributed by atoms with Crippen molar-refractivity contribution in [3.05, 3.63) is 47.3 Å². The van der Waals surface area contributed by atoms with Crippen molar-refractivity contribution >= 4 is 0 Å². The van der Waals surface area contributed by atoms with Gasteiger partial charge in [-0.05, 0) is 51.1 Å². The Morgan fingerprint density at radius 3 is 1.75 bits per heavy atom. The highest BCUT2D eigenvalue weighted by atomic mass is 14.8. The smallest absolute Gasteiger partial charge is 0.0926 e. The largest absolute Gasteiger partial charge is 0.255 e. The van der Waals surface area contributed by atoms with Crippen molar-refractivity contribution in [2.45, 2.75) is 78.6 Å². The molecule has 2 heteroatoms. The normalized spacial score (nSPS) is 13.2. The third-order valence-corrected chi connectivity index (χ3v) is 4.38. The second kappa shape index (κ2) is 5.98. The average Bonchev–Trinajstić information content (AvgIpc) is 2.44. The maximum Gasteiger partial charge on any atom is 0.0926 e. The predicted molar refractivity (Wildman–Crippen MR) is 104 cm³/mol. The first-order chi connectivity index (χ1) is 10.8. The molecule has 0 amide bonds. The molecule has 0 N–H and O–H groups in total. The van der Waals surface area contributed by atoms with Gasteiger partial charge in [-0.25, -0.2) is 0 Å². The maximum atomic E-state index is 4.75. The van der Waals surface area contributed by atoms with Crippen molar-refractivity contribution in [1.29, 1.82) is 0 Å².